The lowest BCUT2D eigenvalue weighted by molar-refractivity contribution is 0.470. The molecule has 0 fully saturated rings. The van der Waals surface area contributed by atoms with Crippen LogP contribution in [-0.2, 0) is 6.42 Å². The fourth-order valence-electron chi connectivity index (χ4n) is 2.02. The fourth-order valence-corrected chi connectivity index (χ4v) is 3.02. The number of hydrogen-bond donors (Lipinski definition) is 1. The summed E-state index contributed by atoms with van der Waals surface area (Å²) >= 11 is 8.07. The highest BCUT2D eigenvalue weighted by molar-refractivity contribution is 7.99. The third-order valence-corrected chi connectivity index (χ3v) is 4.14. The number of halogens is 1. The van der Waals surface area contributed by atoms with Crippen LogP contribution in [0.3, 0.4) is 0 Å². The number of thioether (sulfide) groups is 1. The Labute approximate surface area is 121 Å². The van der Waals surface area contributed by atoms with Gasteiger partial charge in [0.05, 0.1) is 0 Å². The molecule has 1 N–H and O–H groups in total. The second kappa shape index (κ2) is 9.71. The summed E-state index contributed by atoms with van der Waals surface area (Å²) in [6.45, 7) is 6.54. The molecule has 102 valence electrons. The Morgan fingerprint density at radius 1 is 1.33 bits per heavy atom. The Hall–Kier alpha value is -0.180. The van der Waals surface area contributed by atoms with E-state index in [1.54, 1.807) is 0 Å². The molecule has 0 bridgehead atoms. The first-order chi connectivity index (χ1) is 8.76. The van der Waals surface area contributed by atoms with Gasteiger partial charge in [0.2, 0.25) is 0 Å². The van der Waals surface area contributed by atoms with Crippen molar-refractivity contribution in [3.8, 4) is 0 Å². The average Bonchev–Trinajstić information content (AvgIpc) is 2.36. The van der Waals surface area contributed by atoms with Crippen molar-refractivity contribution in [1.29, 1.82) is 0 Å². The highest BCUT2D eigenvalue weighted by atomic mass is 35.5. The van der Waals surface area contributed by atoms with Crippen molar-refractivity contribution in [1.82, 2.24) is 5.32 Å². The molecule has 1 aromatic rings. The lowest BCUT2D eigenvalue weighted by Crippen LogP contribution is -2.24. The molecular formula is C15H24ClNS. The summed E-state index contributed by atoms with van der Waals surface area (Å²) in [7, 11) is 0. The van der Waals surface area contributed by atoms with E-state index in [0.717, 1.165) is 24.5 Å². The summed E-state index contributed by atoms with van der Waals surface area (Å²) in [6, 6.07) is 8.26. The summed E-state index contributed by atoms with van der Waals surface area (Å²) in [5, 5.41) is 4.31. The maximum atomic E-state index is 6.04. The largest absolute Gasteiger partial charge is 0.317 e. The highest BCUT2D eigenvalue weighted by Crippen LogP contribution is 2.18. The highest BCUT2D eigenvalue weighted by Gasteiger charge is 2.09. The van der Waals surface area contributed by atoms with Crippen molar-refractivity contribution in [2.75, 3.05) is 24.6 Å². The van der Waals surface area contributed by atoms with Gasteiger partial charge in [0.15, 0.2) is 0 Å². The van der Waals surface area contributed by atoms with E-state index in [0.29, 0.717) is 5.92 Å². The third kappa shape index (κ3) is 6.67. The Morgan fingerprint density at radius 3 is 2.83 bits per heavy atom. The monoisotopic (exact) mass is 285 g/mol. The molecule has 0 aliphatic heterocycles. The molecule has 1 unspecified atom stereocenters. The van der Waals surface area contributed by atoms with Gasteiger partial charge >= 0.3 is 0 Å². The van der Waals surface area contributed by atoms with E-state index in [2.05, 4.69) is 31.3 Å². The van der Waals surface area contributed by atoms with Crippen molar-refractivity contribution < 1.29 is 0 Å². The summed E-state index contributed by atoms with van der Waals surface area (Å²) in [5.74, 6) is 3.18. The number of nitrogens with one attached hydrogen (secondary N) is 1. The van der Waals surface area contributed by atoms with Crippen molar-refractivity contribution in [2.45, 2.75) is 26.7 Å². The molecule has 0 saturated heterocycles. The van der Waals surface area contributed by atoms with Crippen molar-refractivity contribution in [3.05, 3.63) is 34.9 Å². The summed E-state index contributed by atoms with van der Waals surface area (Å²) < 4.78 is 0. The molecule has 0 amide bonds. The van der Waals surface area contributed by atoms with Gasteiger partial charge in [-0.2, -0.15) is 11.8 Å². The summed E-state index contributed by atoms with van der Waals surface area (Å²) in [5.41, 5.74) is 1.35. The van der Waals surface area contributed by atoms with Crippen LogP contribution in [0.25, 0.3) is 0 Å². The van der Waals surface area contributed by atoms with Crippen LogP contribution in [0, 0.1) is 5.92 Å². The van der Waals surface area contributed by atoms with E-state index in [-0.39, 0.29) is 0 Å². The van der Waals surface area contributed by atoms with Crippen molar-refractivity contribution in [3.63, 3.8) is 0 Å². The van der Waals surface area contributed by atoms with Gasteiger partial charge in [-0.3, -0.25) is 0 Å². The van der Waals surface area contributed by atoms with Gasteiger partial charge in [0.1, 0.15) is 0 Å². The zero-order valence-electron chi connectivity index (χ0n) is 11.4. The van der Waals surface area contributed by atoms with E-state index >= 15 is 0 Å². The van der Waals surface area contributed by atoms with Crippen LogP contribution < -0.4 is 5.32 Å². The predicted octanol–water partition coefficient (Wildman–Crippen LogP) is 4.25. The first kappa shape index (κ1) is 15.9. The van der Waals surface area contributed by atoms with Crippen LogP contribution in [0.5, 0.6) is 0 Å². The minimum Gasteiger partial charge on any atom is -0.317 e. The van der Waals surface area contributed by atoms with Crippen molar-refractivity contribution >= 4 is 23.4 Å². The van der Waals surface area contributed by atoms with Gasteiger partial charge < -0.3 is 5.32 Å². The molecule has 0 heterocycles. The molecule has 0 aliphatic rings. The zero-order valence-corrected chi connectivity index (χ0v) is 13.0. The molecule has 0 saturated carbocycles. The van der Waals surface area contributed by atoms with Gasteiger partial charge in [-0.1, -0.05) is 37.6 Å². The smallest absolute Gasteiger partial charge is 0.0408 e. The fraction of sp³-hybridized carbons (Fsp3) is 0.600. The molecule has 1 aromatic carbocycles. The van der Waals surface area contributed by atoms with E-state index in [1.165, 1.54) is 23.5 Å². The molecule has 1 rings (SSSR count). The first-order valence-electron chi connectivity index (χ1n) is 6.79. The quantitative estimate of drug-likeness (QED) is 0.681. The summed E-state index contributed by atoms with van der Waals surface area (Å²) in [4.78, 5) is 0. The summed E-state index contributed by atoms with van der Waals surface area (Å²) in [6.07, 6.45) is 2.40. The second-order valence-corrected chi connectivity index (χ2v) is 6.32. The number of benzene rings is 1. The standard InChI is InChI=1S/C15H24ClNS/c1-3-17-12-14(8-9-18-4-2)10-13-6-5-7-15(16)11-13/h5-7,11,14,17H,3-4,8-10,12H2,1-2H3. The van der Waals surface area contributed by atoms with E-state index in [1.807, 2.05) is 23.9 Å². The third-order valence-electron chi connectivity index (χ3n) is 2.97. The zero-order chi connectivity index (χ0) is 13.2. The minimum atomic E-state index is 0.711. The molecule has 1 atom stereocenters. The normalized spacial score (nSPS) is 12.6. The van der Waals surface area contributed by atoms with Crippen LogP contribution in [0.1, 0.15) is 25.8 Å². The maximum Gasteiger partial charge on any atom is 0.0408 e. The van der Waals surface area contributed by atoms with Gasteiger partial charge in [-0.05, 0) is 61.1 Å². The molecule has 0 aliphatic carbocycles. The first-order valence-corrected chi connectivity index (χ1v) is 8.32. The predicted molar refractivity (Wildman–Crippen MR) is 84.8 cm³/mol. The molecule has 18 heavy (non-hydrogen) atoms. The molecule has 3 heteroatoms. The van der Waals surface area contributed by atoms with Gasteiger partial charge in [-0.15, -0.1) is 0 Å². The number of rotatable bonds is 9. The molecule has 1 nitrogen and oxygen atoms in total. The topological polar surface area (TPSA) is 12.0 Å². The Balaban J connectivity index is 2.48. The van der Waals surface area contributed by atoms with Gasteiger partial charge in [-0.25, -0.2) is 0 Å². The number of hydrogen-bond acceptors (Lipinski definition) is 2. The second-order valence-electron chi connectivity index (χ2n) is 4.49. The van der Waals surface area contributed by atoms with E-state index in [4.69, 9.17) is 11.6 Å². The van der Waals surface area contributed by atoms with E-state index < -0.39 is 0 Å². The minimum absolute atomic E-state index is 0.711. The molecule has 0 aromatic heterocycles. The SMILES string of the molecule is CCNCC(CCSCC)Cc1cccc(Cl)c1. The Bertz CT molecular complexity index is 330. The van der Waals surface area contributed by atoms with Gasteiger partial charge in [0.25, 0.3) is 0 Å². The van der Waals surface area contributed by atoms with Crippen LogP contribution in [-0.4, -0.2) is 24.6 Å². The molecule has 0 radical (unpaired) electrons. The van der Waals surface area contributed by atoms with Crippen LogP contribution in [0.15, 0.2) is 24.3 Å². The lowest BCUT2D eigenvalue weighted by Gasteiger charge is -2.17. The van der Waals surface area contributed by atoms with E-state index in [9.17, 15) is 0 Å². The maximum absolute atomic E-state index is 6.04. The molecule has 0 spiro atoms. The Kier molecular flexibility index (Phi) is 8.57. The van der Waals surface area contributed by atoms with Crippen LogP contribution in [0.4, 0.5) is 0 Å². The Morgan fingerprint density at radius 2 is 2.17 bits per heavy atom. The average molecular weight is 286 g/mol. The van der Waals surface area contributed by atoms with Crippen molar-refractivity contribution in [2.24, 2.45) is 5.92 Å². The van der Waals surface area contributed by atoms with Crippen LogP contribution >= 0.6 is 23.4 Å². The van der Waals surface area contributed by atoms with Crippen LogP contribution in [0.2, 0.25) is 5.02 Å². The lowest BCUT2D eigenvalue weighted by atomic mass is 9.97. The molecular weight excluding hydrogens is 262 g/mol. The van der Waals surface area contributed by atoms with Gasteiger partial charge in [0, 0.05) is 5.02 Å².